The van der Waals surface area contributed by atoms with Gasteiger partial charge in [0.2, 0.25) is 9.05 Å². The molecule has 0 spiro atoms. The van der Waals surface area contributed by atoms with E-state index in [4.69, 9.17) is 15.4 Å². The Morgan fingerprint density at radius 1 is 1.41 bits per heavy atom. The SMILES string of the molecule is CCCC(COCCC1CCC1)CS(=O)(=O)Cl. The van der Waals surface area contributed by atoms with Crippen molar-refractivity contribution in [2.75, 3.05) is 19.0 Å². The van der Waals surface area contributed by atoms with Gasteiger partial charge in [0.15, 0.2) is 0 Å². The third-order valence-corrected chi connectivity index (χ3v) is 4.63. The van der Waals surface area contributed by atoms with Crippen LogP contribution < -0.4 is 0 Å². The van der Waals surface area contributed by atoms with Gasteiger partial charge in [0.05, 0.1) is 12.4 Å². The van der Waals surface area contributed by atoms with Crippen molar-refractivity contribution < 1.29 is 13.2 Å². The zero-order chi connectivity index (χ0) is 12.7. The van der Waals surface area contributed by atoms with Crippen LogP contribution in [0.15, 0.2) is 0 Å². The van der Waals surface area contributed by atoms with Gasteiger partial charge < -0.3 is 4.74 Å². The van der Waals surface area contributed by atoms with E-state index in [0.717, 1.165) is 31.8 Å². The molecule has 1 atom stereocenters. The number of rotatable bonds is 9. The van der Waals surface area contributed by atoms with Gasteiger partial charge >= 0.3 is 0 Å². The Kier molecular flexibility index (Phi) is 6.82. The Morgan fingerprint density at radius 3 is 2.59 bits per heavy atom. The predicted molar refractivity (Wildman–Crippen MR) is 70.8 cm³/mol. The molecule has 0 heterocycles. The highest BCUT2D eigenvalue weighted by molar-refractivity contribution is 8.13. The van der Waals surface area contributed by atoms with E-state index in [1.165, 1.54) is 19.3 Å². The van der Waals surface area contributed by atoms with Gasteiger partial charge in [-0.3, -0.25) is 0 Å². The van der Waals surface area contributed by atoms with Crippen molar-refractivity contribution in [2.24, 2.45) is 11.8 Å². The standard InChI is InChI=1S/C12H23ClO3S/c1-2-4-12(10-17(13,14)15)9-16-8-7-11-5-3-6-11/h11-12H,2-10H2,1H3. The van der Waals surface area contributed by atoms with Gasteiger partial charge in [0.25, 0.3) is 0 Å². The van der Waals surface area contributed by atoms with Crippen molar-refractivity contribution in [3.05, 3.63) is 0 Å². The topological polar surface area (TPSA) is 43.4 Å². The first-order valence-corrected chi connectivity index (χ1v) is 8.99. The van der Waals surface area contributed by atoms with Crippen LogP contribution in [0.5, 0.6) is 0 Å². The molecule has 17 heavy (non-hydrogen) atoms. The minimum Gasteiger partial charge on any atom is -0.381 e. The second kappa shape index (κ2) is 7.59. The van der Waals surface area contributed by atoms with E-state index in [1.54, 1.807) is 0 Å². The molecular formula is C12H23ClO3S. The molecular weight excluding hydrogens is 260 g/mol. The number of halogens is 1. The molecule has 0 saturated heterocycles. The lowest BCUT2D eigenvalue weighted by molar-refractivity contribution is 0.0818. The number of hydrogen-bond donors (Lipinski definition) is 0. The average molecular weight is 283 g/mol. The molecule has 1 rings (SSSR count). The van der Waals surface area contributed by atoms with Crippen LogP contribution in [0, 0.1) is 11.8 Å². The summed E-state index contributed by atoms with van der Waals surface area (Å²) in [7, 11) is 1.87. The van der Waals surface area contributed by atoms with Gasteiger partial charge in [-0.25, -0.2) is 8.42 Å². The molecule has 1 saturated carbocycles. The Hall–Kier alpha value is 0.200. The Bertz CT molecular complexity index is 299. The summed E-state index contributed by atoms with van der Waals surface area (Å²) in [6.07, 6.45) is 6.95. The molecule has 0 amide bonds. The van der Waals surface area contributed by atoms with Crippen LogP contribution >= 0.6 is 10.7 Å². The average Bonchev–Trinajstić information content (AvgIpc) is 2.12. The van der Waals surface area contributed by atoms with E-state index in [0.29, 0.717) is 6.61 Å². The van der Waals surface area contributed by atoms with Crippen LogP contribution in [0.25, 0.3) is 0 Å². The molecule has 1 fully saturated rings. The molecule has 0 aromatic rings. The molecule has 1 aliphatic rings. The first-order chi connectivity index (χ1) is 8.01. The van der Waals surface area contributed by atoms with E-state index in [9.17, 15) is 8.42 Å². The second-order valence-corrected chi connectivity index (χ2v) is 7.84. The fourth-order valence-electron chi connectivity index (χ4n) is 2.19. The quantitative estimate of drug-likeness (QED) is 0.482. The van der Waals surface area contributed by atoms with Crippen LogP contribution in [0.3, 0.4) is 0 Å². The molecule has 0 radical (unpaired) electrons. The van der Waals surface area contributed by atoms with Crippen LogP contribution in [0.2, 0.25) is 0 Å². The van der Waals surface area contributed by atoms with Crippen molar-refractivity contribution in [3.8, 4) is 0 Å². The number of hydrogen-bond acceptors (Lipinski definition) is 3. The predicted octanol–water partition coefficient (Wildman–Crippen LogP) is 3.18. The monoisotopic (exact) mass is 282 g/mol. The van der Waals surface area contributed by atoms with Gasteiger partial charge in [0, 0.05) is 17.3 Å². The highest BCUT2D eigenvalue weighted by Crippen LogP contribution is 2.29. The Balaban J connectivity index is 2.14. The van der Waals surface area contributed by atoms with E-state index in [1.807, 2.05) is 6.92 Å². The van der Waals surface area contributed by atoms with Crippen molar-refractivity contribution in [1.29, 1.82) is 0 Å². The van der Waals surface area contributed by atoms with Crippen LogP contribution in [0.4, 0.5) is 0 Å². The summed E-state index contributed by atoms with van der Waals surface area (Å²) in [5.41, 5.74) is 0. The van der Waals surface area contributed by atoms with E-state index in [2.05, 4.69) is 0 Å². The molecule has 0 aliphatic heterocycles. The van der Waals surface area contributed by atoms with Crippen molar-refractivity contribution in [3.63, 3.8) is 0 Å². The lowest BCUT2D eigenvalue weighted by atomic mass is 9.83. The molecule has 1 unspecified atom stereocenters. The fraction of sp³-hybridized carbons (Fsp3) is 1.00. The smallest absolute Gasteiger partial charge is 0.232 e. The van der Waals surface area contributed by atoms with Gasteiger partial charge in [-0.1, -0.05) is 32.6 Å². The molecule has 102 valence electrons. The maximum absolute atomic E-state index is 11.0. The summed E-state index contributed by atoms with van der Waals surface area (Å²) in [6.45, 7) is 3.32. The van der Waals surface area contributed by atoms with E-state index < -0.39 is 9.05 Å². The fourth-order valence-corrected chi connectivity index (χ4v) is 3.55. The van der Waals surface area contributed by atoms with Gasteiger partial charge in [-0.2, -0.15) is 0 Å². The van der Waals surface area contributed by atoms with Crippen molar-refractivity contribution in [2.45, 2.75) is 45.4 Å². The first-order valence-electron chi connectivity index (χ1n) is 6.51. The molecule has 0 bridgehead atoms. The normalized spacial score (nSPS) is 18.9. The summed E-state index contributed by atoms with van der Waals surface area (Å²) in [5.74, 6) is 0.923. The summed E-state index contributed by atoms with van der Waals surface area (Å²) >= 11 is 0. The lowest BCUT2D eigenvalue weighted by Crippen LogP contribution is -2.20. The van der Waals surface area contributed by atoms with E-state index >= 15 is 0 Å². The van der Waals surface area contributed by atoms with Crippen LogP contribution in [-0.4, -0.2) is 27.4 Å². The Morgan fingerprint density at radius 2 is 2.12 bits per heavy atom. The minimum atomic E-state index is -3.40. The highest BCUT2D eigenvalue weighted by atomic mass is 35.7. The summed E-state index contributed by atoms with van der Waals surface area (Å²) in [4.78, 5) is 0. The minimum absolute atomic E-state index is 0.0336. The maximum Gasteiger partial charge on any atom is 0.232 e. The van der Waals surface area contributed by atoms with E-state index in [-0.39, 0.29) is 11.7 Å². The zero-order valence-corrected chi connectivity index (χ0v) is 12.1. The van der Waals surface area contributed by atoms with Crippen LogP contribution in [-0.2, 0) is 13.8 Å². The van der Waals surface area contributed by atoms with Crippen molar-refractivity contribution in [1.82, 2.24) is 0 Å². The number of ether oxygens (including phenoxy) is 1. The second-order valence-electron chi connectivity index (χ2n) is 5.02. The zero-order valence-electron chi connectivity index (χ0n) is 10.5. The van der Waals surface area contributed by atoms with Gasteiger partial charge in [-0.05, 0) is 24.7 Å². The highest BCUT2D eigenvalue weighted by Gasteiger charge is 2.19. The largest absolute Gasteiger partial charge is 0.381 e. The molecule has 0 aromatic carbocycles. The molecule has 3 nitrogen and oxygen atoms in total. The third-order valence-electron chi connectivity index (χ3n) is 3.38. The first kappa shape index (κ1) is 15.3. The molecule has 5 heteroatoms. The summed E-state index contributed by atoms with van der Waals surface area (Å²) in [6, 6.07) is 0. The summed E-state index contributed by atoms with van der Waals surface area (Å²) in [5, 5.41) is 0. The lowest BCUT2D eigenvalue weighted by Gasteiger charge is -2.25. The van der Waals surface area contributed by atoms with Gasteiger partial charge in [0.1, 0.15) is 0 Å². The van der Waals surface area contributed by atoms with Gasteiger partial charge in [-0.15, -0.1) is 0 Å². The van der Waals surface area contributed by atoms with Crippen molar-refractivity contribution >= 4 is 19.7 Å². The molecule has 0 N–H and O–H groups in total. The maximum atomic E-state index is 11.0. The molecule has 0 aromatic heterocycles. The van der Waals surface area contributed by atoms with Crippen LogP contribution in [0.1, 0.15) is 45.4 Å². The third kappa shape index (κ3) is 7.27. The summed E-state index contributed by atoms with van der Waals surface area (Å²) < 4.78 is 27.6. The Labute approximate surface area is 109 Å². The molecule has 1 aliphatic carbocycles.